The molecule has 15 heavy (non-hydrogen) atoms. The molecule has 0 N–H and O–H groups in total. The molecule has 0 aromatic carbocycles. The zero-order valence-electron chi connectivity index (χ0n) is 9.28. The van der Waals surface area contributed by atoms with Crippen LogP contribution in [0.3, 0.4) is 0 Å². The Balaban J connectivity index is 2.22. The van der Waals surface area contributed by atoms with Crippen molar-refractivity contribution in [2.75, 3.05) is 11.4 Å². The molecule has 2 atom stereocenters. The average molecular weight is 225 g/mol. The van der Waals surface area contributed by atoms with Gasteiger partial charge in [-0.15, -0.1) is 0 Å². The fraction of sp³-hybridized carbons (Fsp3) is 0.583. The lowest BCUT2D eigenvalue weighted by Crippen LogP contribution is -2.42. The van der Waals surface area contributed by atoms with Crippen LogP contribution >= 0.6 is 11.6 Å². The van der Waals surface area contributed by atoms with Gasteiger partial charge in [-0.2, -0.15) is 0 Å². The molecule has 1 aromatic rings. The van der Waals surface area contributed by atoms with Crippen molar-refractivity contribution in [1.29, 1.82) is 0 Å². The minimum absolute atomic E-state index is 0.581. The summed E-state index contributed by atoms with van der Waals surface area (Å²) in [6.07, 6.45) is 4.38. The van der Waals surface area contributed by atoms with Crippen molar-refractivity contribution < 1.29 is 0 Å². The number of piperidine rings is 1. The third-order valence-electron chi connectivity index (χ3n) is 3.42. The van der Waals surface area contributed by atoms with Gasteiger partial charge in [0.25, 0.3) is 0 Å². The average Bonchev–Trinajstić information content (AvgIpc) is 2.22. The van der Waals surface area contributed by atoms with Crippen molar-refractivity contribution in [1.82, 2.24) is 4.98 Å². The number of halogens is 1. The Bertz CT molecular complexity index is 340. The lowest BCUT2D eigenvalue weighted by molar-refractivity contribution is 0.363. The summed E-state index contributed by atoms with van der Waals surface area (Å²) in [5, 5.41) is 0.581. The molecule has 1 aliphatic heterocycles. The SMILES string of the molecule is CC1CCCN(c2ccnc(Cl)c2)C1C. The Morgan fingerprint density at radius 1 is 1.47 bits per heavy atom. The van der Waals surface area contributed by atoms with Crippen LogP contribution in [-0.4, -0.2) is 17.6 Å². The van der Waals surface area contributed by atoms with Crippen LogP contribution in [0.2, 0.25) is 5.15 Å². The molecule has 2 rings (SSSR count). The first-order valence-corrected chi connectivity index (χ1v) is 5.94. The minimum Gasteiger partial charge on any atom is -0.368 e. The van der Waals surface area contributed by atoms with Gasteiger partial charge < -0.3 is 4.90 Å². The molecule has 2 nitrogen and oxygen atoms in total. The maximum atomic E-state index is 5.91. The zero-order valence-corrected chi connectivity index (χ0v) is 10.0. The van der Waals surface area contributed by atoms with E-state index >= 15 is 0 Å². The number of anilines is 1. The highest BCUT2D eigenvalue weighted by molar-refractivity contribution is 6.29. The van der Waals surface area contributed by atoms with E-state index in [1.807, 2.05) is 12.1 Å². The summed E-state index contributed by atoms with van der Waals surface area (Å²) < 4.78 is 0. The lowest BCUT2D eigenvalue weighted by atomic mass is 9.92. The second kappa shape index (κ2) is 4.40. The van der Waals surface area contributed by atoms with Gasteiger partial charge in [0.05, 0.1) is 0 Å². The summed E-state index contributed by atoms with van der Waals surface area (Å²) in [5.74, 6) is 0.755. The van der Waals surface area contributed by atoms with Crippen LogP contribution < -0.4 is 4.90 Å². The molecule has 1 fully saturated rings. The molecule has 3 heteroatoms. The molecule has 2 unspecified atom stereocenters. The van der Waals surface area contributed by atoms with Gasteiger partial charge in [-0.3, -0.25) is 0 Å². The standard InChI is InChI=1S/C12H17ClN2/c1-9-4-3-7-15(10(9)2)11-5-6-14-12(13)8-11/h5-6,8-10H,3-4,7H2,1-2H3. The zero-order chi connectivity index (χ0) is 10.8. The number of rotatable bonds is 1. The Kier molecular flexibility index (Phi) is 3.15. The van der Waals surface area contributed by atoms with Gasteiger partial charge in [-0.25, -0.2) is 4.98 Å². The highest BCUT2D eigenvalue weighted by Crippen LogP contribution is 2.28. The molecule has 0 radical (unpaired) electrons. The maximum Gasteiger partial charge on any atom is 0.131 e. The summed E-state index contributed by atoms with van der Waals surface area (Å²) in [6.45, 7) is 5.74. The van der Waals surface area contributed by atoms with Gasteiger partial charge in [0, 0.05) is 24.5 Å². The Labute approximate surface area is 96.3 Å². The van der Waals surface area contributed by atoms with Gasteiger partial charge >= 0.3 is 0 Å². The maximum absolute atomic E-state index is 5.91. The number of aromatic nitrogens is 1. The Morgan fingerprint density at radius 3 is 3.00 bits per heavy atom. The topological polar surface area (TPSA) is 16.1 Å². The molecule has 0 amide bonds. The second-order valence-electron chi connectivity index (χ2n) is 4.39. The number of pyridine rings is 1. The van der Waals surface area contributed by atoms with Crippen molar-refractivity contribution in [2.24, 2.45) is 5.92 Å². The van der Waals surface area contributed by atoms with Gasteiger partial charge in [0.1, 0.15) is 5.15 Å². The van der Waals surface area contributed by atoms with E-state index in [1.165, 1.54) is 18.5 Å². The fourth-order valence-electron chi connectivity index (χ4n) is 2.27. The molecule has 1 aromatic heterocycles. The smallest absolute Gasteiger partial charge is 0.131 e. The lowest BCUT2D eigenvalue weighted by Gasteiger charge is -2.39. The van der Waals surface area contributed by atoms with E-state index in [0.717, 1.165) is 12.5 Å². The van der Waals surface area contributed by atoms with Crippen LogP contribution in [0, 0.1) is 5.92 Å². The molecular weight excluding hydrogens is 208 g/mol. The van der Waals surface area contributed by atoms with E-state index < -0.39 is 0 Å². The van der Waals surface area contributed by atoms with E-state index in [-0.39, 0.29) is 0 Å². The van der Waals surface area contributed by atoms with Crippen molar-refractivity contribution in [2.45, 2.75) is 32.7 Å². The molecule has 82 valence electrons. The summed E-state index contributed by atoms with van der Waals surface area (Å²) in [6, 6.07) is 4.59. The molecule has 0 saturated carbocycles. The first-order valence-electron chi connectivity index (χ1n) is 5.56. The van der Waals surface area contributed by atoms with Gasteiger partial charge in [0.2, 0.25) is 0 Å². The van der Waals surface area contributed by atoms with Crippen LogP contribution in [0.5, 0.6) is 0 Å². The monoisotopic (exact) mass is 224 g/mol. The molecule has 0 bridgehead atoms. The van der Waals surface area contributed by atoms with Crippen LogP contribution in [0.4, 0.5) is 5.69 Å². The van der Waals surface area contributed by atoms with Crippen LogP contribution in [0.1, 0.15) is 26.7 Å². The molecule has 1 aliphatic rings. The van der Waals surface area contributed by atoms with Gasteiger partial charge in [-0.1, -0.05) is 18.5 Å². The van der Waals surface area contributed by atoms with Crippen LogP contribution in [-0.2, 0) is 0 Å². The fourth-order valence-corrected chi connectivity index (χ4v) is 2.44. The molecular formula is C12H17ClN2. The van der Waals surface area contributed by atoms with Crippen LogP contribution in [0.25, 0.3) is 0 Å². The highest BCUT2D eigenvalue weighted by Gasteiger charge is 2.24. The largest absolute Gasteiger partial charge is 0.368 e. The third kappa shape index (κ3) is 2.25. The molecule has 0 spiro atoms. The summed E-state index contributed by atoms with van der Waals surface area (Å²) in [7, 11) is 0. The molecule has 2 heterocycles. The number of hydrogen-bond acceptors (Lipinski definition) is 2. The van der Waals surface area contributed by atoms with Crippen LogP contribution in [0.15, 0.2) is 18.3 Å². The predicted octanol–water partition coefficient (Wildman–Crippen LogP) is 3.36. The van der Waals surface area contributed by atoms with Gasteiger partial charge in [0.15, 0.2) is 0 Å². The van der Waals surface area contributed by atoms with E-state index in [1.54, 1.807) is 6.20 Å². The highest BCUT2D eigenvalue weighted by atomic mass is 35.5. The minimum atomic E-state index is 0.581. The second-order valence-corrected chi connectivity index (χ2v) is 4.78. The van der Waals surface area contributed by atoms with E-state index in [9.17, 15) is 0 Å². The van der Waals surface area contributed by atoms with E-state index in [0.29, 0.717) is 11.2 Å². The number of nitrogens with zero attached hydrogens (tertiary/aromatic N) is 2. The normalized spacial score (nSPS) is 26.7. The first kappa shape index (κ1) is 10.7. The van der Waals surface area contributed by atoms with E-state index in [4.69, 9.17) is 11.6 Å². The first-order chi connectivity index (χ1) is 7.18. The molecule has 0 aliphatic carbocycles. The Morgan fingerprint density at radius 2 is 2.27 bits per heavy atom. The number of hydrogen-bond donors (Lipinski definition) is 0. The summed E-state index contributed by atoms with van der Waals surface area (Å²) >= 11 is 5.91. The summed E-state index contributed by atoms with van der Waals surface area (Å²) in [5.41, 5.74) is 1.20. The Hall–Kier alpha value is -0.760. The quantitative estimate of drug-likeness (QED) is 0.680. The van der Waals surface area contributed by atoms with Crippen molar-refractivity contribution in [3.63, 3.8) is 0 Å². The van der Waals surface area contributed by atoms with Gasteiger partial charge in [-0.05, 0) is 37.8 Å². The summed E-state index contributed by atoms with van der Waals surface area (Å²) in [4.78, 5) is 6.45. The van der Waals surface area contributed by atoms with E-state index in [2.05, 4.69) is 23.7 Å². The third-order valence-corrected chi connectivity index (χ3v) is 3.62. The van der Waals surface area contributed by atoms with Crippen molar-refractivity contribution in [3.8, 4) is 0 Å². The van der Waals surface area contributed by atoms with Crippen molar-refractivity contribution in [3.05, 3.63) is 23.5 Å². The predicted molar refractivity (Wildman–Crippen MR) is 64.5 cm³/mol. The van der Waals surface area contributed by atoms with Crippen molar-refractivity contribution >= 4 is 17.3 Å². The molecule has 1 saturated heterocycles.